The first-order valence-electron chi connectivity index (χ1n) is 7.60. The van der Waals surface area contributed by atoms with Crippen LogP contribution in [0, 0.1) is 0 Å². The third kappa shape index (κ3) is 3.83. The first-order valence-corrected chi connectivity index (χ1v) is 7.60. The van der Waals surface area contributed by atoms with Gasteiger partial charge in [-0.3, -0.25) is 0 Å². The van der Waals surface area contributed by atoms with Gasteiger partial charge in [0.25, 0.3) is 0 Å². The Morgan fingerprint density at radius 1 is 0.870 bits per heavy atom. The second kappa shape index (κ2) is 6.87. The number of nitrogens with zero attached hydrogens (tertiary/aromatic N) is 3. The monoisotopic (exact) mass is 305 g/mol. The first-order chi connectivity index (χ1) is 11.2. The summed E-state index contributed by atoms with van der Waals surface area (Å²) in [5.74, 6) is 1.53. The highest BCUT2D eigenvalue weighted by molar-refractivity contribution is 5.61. The number of rotatable bonds is 5. The molecule has 2 N–H and O–H groups in total. The molecule has 1 aromatic heterocycles. The highest BCUT2D eigenvalue weighted by Gasteiger charge is 2.08. The second-order valence-electron chi connectivity index (χ2n) is 5.52. The molecule has 0 unspecified atom stereocenters. The van der Waals surface area contributed by atoms with Crippen molar-refractivity contribution in [3.05, 3.63) is 66.4 Å². The maximum atomic E-state index is 4.47. The van der Waals surface area contributed by atoms with Gasteiger partial charge in [0, 0.05) is 11.4 Å². The lowest BCUT2D eigenvalue weighted by Crippen LogP contribution is -2.04. The summed E-state index contributed by atoms with van der Waals surface area (Å²) in [6, 6.07) is 18.0. The minimum atomic E-state index is 0.414. The van der Waals surface area contributed by atoms with Crippen molar-refractivity contribution in [1.29, 1.82) is 0 Å². The summed E-state index contributed by atoms with van der Waals surface area (Å²) < 4.78 is 0. The molecule has 0 radical (unpaired) electrons. The fraction of sp³-hybridized carbons (Fsp3) is 0.167. The normalized spacial score (nSPS) is 10.6. The van der Waals surface area contributed by atoms with E-state index in [-0.39, 0.29) is 0 Å². The fourth-order valence-corrected chi connectivity index (χ4v) is 2.32. The third-order valence-corrected chi connectivity index (χ3v) is 3.43. The van der Waals surface area contributed by atoms with Crippen molar-refractivity contribution in [1.82, 2.24) is 15.2 Å². The molecule has 3 aromatic rings. The maximum absolute atomic E-state index is 4.47. The van der Waals surface area contributed by atoms with Crippen LogP contribution in [0.15, 0.2) is 60.8 Å². The van der Waals surface area contributed by atoms with Gasteiger partial charge in [0.05, 0.1) is 6.20 Å². The summed E-state index contributed by atoms with van der Waals surface area (Å²) in [7, 11) is 0. The molecular formula is C18H19N5. The van der Waals surface area contributed by atoms with Gasteiger partial charge in [-0.1, -0.05) is 50.2 Å². The maximum Gasteiger partial charge on any atom is 0.249 e. The summed E-state index contributed by atoms with van der Waals surface area (Å²) in [6.07, 6.45) is 1.60. The molecule has 2 aromatic carbocycles. The van der Waals surface area contributed by atoms with Crippen LogP contribution in [0.5, 0.6) is 0 Å². The van der Waals surface area contributed by atoms with Crippen LogP contribution >= 0.6 is 0 Å². The Morgan fingerprint density at radius 3 is 2.39 bits per heavy atom. The number of nitrogens with one attached hydrogen (secondary N) is 2. The molecule has 0 atom stereocenters. The van der Waals surface area contributed by atoms with Gasteiger partial charge < -0.3 is 10.6 Å². The van der Waals surface area contributed by atoms with Crippen LogP contribution in [-0.4, -0.2) is 15.2 Å². The van der Waals surface area contributed by atoms with Crippen molar-refractivity contribution >= 4 is 23.1 Å². The predicted molar refractivity (Wildman–Crippen MR) is 93.4 cm³/mol. The Balaban J connectivity index is 1.81. The molecule has 0 aliphatic rings. The topological polar surface area (TPSA) is 62.7 Å². The Hall–Kier alpha value is -2.95. The summed E-state index contributed by atoms with van der Waals surface area (Å²) in [6.45, 7) is 4.32. The predicted octanol–water partition coefficient (Wildman–Crippen LogP) is 4.48. The van der Waals surface area contributed by atoms with E-state index < -0.39 is 0 Å². The van der Waals surface area contributed by atoms with Crippen LogP contribution in [0.1, 0.15) is 25.3 Å². The van der Waals surface area contributed by atoms with E-state index in [1.807, 2.05) is 48.5 Å². The van der Waals surface area contributed by atoms with E-state index in [0.29, 0.717) is 17.7 Å². The Labute approximate surface area is 135 Å². The molecule has 5 nitrogen and oxygen atoms in total. The third-order valence-electron chi connectivity index (χ3n) is 3.43. The molecule has 0 spiro atoms. The van der Waals surface area contributed by atoms with Crippen molar-refractivity contribution in [2.45, 2.75) is 19.8 Å². The van der Waals surface area contributed by atoms with Crippen LogP contribution in [-0.2, 0) is 0 Å². The molecule has 0 fully saturated rings. The summed E-state index contributed by atoms with van der Waals surface area (Å²) in [5.41, 5.74) is 3.18. The Kier molecular flexibility index (Phi) is 4.47. The summed E-state index contributed by atoms with van der Waals surface area (Å²) >= 11 is 0. The molecule has 5 heteroatoms. The molecule has 0 amide bonds. The number of para-hydroxylation sites is 2. The van der Waals surface area contributed by atoms with Crippen molar-refractivity contribution in [2.24, 2.45) is 0 Å². The van der Waals surface area contributed by atoms with Crippen molar-refractivity contribution < 1.29 is 0 Å². The van der Waals surface area contributed by atoms with Crippen LogP contribution in [0.4, 0.5) is 23.1 Å². The number of benzene rings is 2. The molecule has 23 heavy (non-hydrogen) atoms. The van der Waals surface area contributed by atoms with Gasteiger partial charge in [-0.15, -0.1) is 5.10 Å². The average Bonchev–Trinajstić information content (AvgIpc) is 2.56. The van der Waals surface area contributed by atoms with E-state index in [2.05, 4.69) is 45.7 Å². The molecule has 0 aliphatic heterocycles. The molecule has 0 saturated carbocycles. The number of hydrogen-bond donors (Lipinski definition) is 2. The van der Waals surface area contributed by atoms with E-state index in [1.54, 1.807) is 6.20 Å². The van der Waals surface area contributed by atoms with E-state index >= 15 is 0 Å². The number of aromatic nitrogens is 3. The standard InChI is InChI=1S/C18H19N5/c1-13(2)15-10-6-7-11-16(15)21-18-22-17(12-19-23-18)20-14-8-4-3-5-9-14/h3-13H,1-2H3,(H2,20,21,22,23). The van der Waals surface area contributed by atoms with E-state index in [4.69, 9.17) is 0 Å². The smallest absolute Gasteiger partial charge is 0.249 e. The minimum Gasteiger partial charge on any atom is -0.339 e. The van der Waals surface area contributed by atoms with E-state index in [1.165, 1.54) is 5.56 Å². The highest BCUT2D eigenvalue weighted by Crippen LogP contribution is 2.25. The zero-order chi connectivity index (χ0) is 16.1. The molecule has 0 saturated heterocycles. The molecule has 116 valence electrons. The SMILES string of the molecule is CC(C)c1ccccc1Nc1nncc(Nc2ccccc2)n1. The van der Waals surface area contributed by atoms with Gasteiger partial charge >= 0.3 is 0 Å². The molecule has 3 rings (SSSR count). The molecule has 0 bridgehead atoms. The van der Waals surface area contributed by atoms with Crippen LogP contribution in [0.25, 0.3) is 0 Å². The van der Waals surface area contributed by atoms with Crippen molar-refractivity contribution in [3.63, 3.8) is 0 Å². The second-order valence-corrected chi connectivity index (χ2v) is 5.52. The van der Waals surface area contributed by atoms with Crippen molar-refractivity contribution in [3.8, 4) is 0 Å². The number of hydrogen-bond acceptors (Lipinski definition) is 5. The molecule has 0 aliphatic carbocycles. The quantitative estimate of drug-likeness (QED) is 0.727. The zero-order valence-electron chi connectivity index (χ0n) is 13.2. The average molecular weight is 305 g/mol. The lowest BCUT2D eigenvalue weighted by atomic mass is 10.0. The lowest BCUT2D eigenvalue weighted by molar-refractivity contribution is 0.867. The summed E-state index contributed by atoms with van der Waals surface area (Å²) in [4.78, 5) is 4.47. The molecule has 1 heterocycles. The van der Waals surface area contributed by atoms with Gasteiger partial charge in [-0.05, 0) is 29.7 Å². The minimum absolute atomic E-state index is 0.414. The van der Waals surface area contributed by atoms with Gasteiger partial charge in [0.2, 0.25) is 5.95 Å². The first kappa shape index (κ1) is 15.0. The largest absolute Gasteiger partial charge is 0.339 e. The van der Waals surface area contributed by atoms with Gasteiger partial charge in [-0.2, -0.15) is 10.1 Å². The van der Waals surface area contributed by atoms with E-state index in [9.17, 15) is 0 Å². The fourth-order valence-electron chi connectivity index (χ4n) is 2.32. The van der Waals surface area contributed by atoms with Crippen molar-refractivity contribution in [2.75, 3.05) is 10.6 Å². The number of anilines is 4. The van der Waals surface area contributed by atoms with Gasteiger partial charge in [0.1, 0.15) is 0 Å². The van der Waals surface area contributed by atoms with E-state index in [0.717, 1.165) is 11.4 Å². The van der Waals surface area contributed by atoms with Gasteiger partial charge in [0.15, 0.2) is 5.82 Å². The molecular weight excluding hydrogens is 286 g/mol. The van der Waals surface area contributed by atoms with Crippen LogP contribution in [0.2, 0.25) is 0 Å². The Bertz CT molecular complexity index is 771. The van der Waals surface area contributed by atoms with Crippen LogP contribution < -0.4 is 10.6 Å². The zero-order valence-corrected chi connectivity index (χ0v) is 13.2. The summed E-state index contributed by atoms with van der Waals surface area (Å²) in [5, 5.41) is 14.5. The lowest BCUT2D eigenvalue weighted by Gasteiger charge is -2.13. The highest BCUT2D eigenvalue weighted by atomic mass is 15.3. The van der Waals surface area contributed by atoms with Gasteiger partial charge in [-0.25, -0.2) is 0 Å². The van der Waals surface area contributed by atoms with Crippen LogP contribution in [0.3, 0.4) is 0 Å². The Morgan fingerprint density at radius 2 is 1.61 bits per heavy atom.